The maximum atomic E-state index is 12.5. The second-order valence-electron chi connectivity index (χ2n) is 6.71. The molecule has 0 spiro atoms. The number of rotatable bonds is 5. The second-order valence-corrected chi connectivity index (χ2v) is 6.71. The quantitative estimate of drug-likeness (QED) is 0.448. The van der Waals surface area contributed by atoms with E-state index in [4.69, 9.17) is 9.84 Å². The first-order valence-corrected chi connectivity index (χ1v) is 7.10. The van der Waals surface area contributed by atoms with E-state index in [-0.39, 0.29) is 6.42 Å². The fraction of sp³-hybridized carbons (Fsp3) is 0.857. The predicted octanol–water partition coefficient (Wildman–Crippen LogP) is 3.49. The van der Waals surface area contributed by atoms with Gasteiger partial charge >= 0.3 is 30.1 Å². The van der Waals surface area contributed by atoms with Crippen LogP contribution in [0.3, 0.4) is 0 Å². The van der Waals surface area contributed by atoms with Crippen molar-refractivity contribution in [2.24, 2.45) is 5.41 Å². The topological polar surface area (TPSA) is 72.8 Å². The van der Waals surface area contributed by atoms with Gasteiger partial charge < -0.3 is 14.6 Å². The van der Waals surface area contributed by atoms with Crippen molar-refractivity contribution in [3.8, 4) is 0 Å². The van der Waals surface area contributed by atoms with Crippen LogP contribution in [0.4, 0.5) is 26.3 Å². The van der Waals surface area contributed by atoms with E-state index < -0.39 is 47.5 Å². The van der Waals surface area contributed by atoms with E-state index in [9.17, 15) is 35.9 Å². The SMILES string of the molecule is CCC(C)(CC(=O)OC(O)(C(F)(F)F)C(F)(F)F)C(=O)OC(C)(C)C. The highest BCUT2D eigenvalue weighted by molar-refractivity contribution is 5.83. The summed E-state index contributed by atoms with van der Waals surface area (Å²) in [6, 6.07) is 0. The van der Waals surface area contributed by atoms with Gasteiger partial charge in [0.2, 0.25) is 0 Å². The molecular weight excluding hydrogens is 362 g/mol. The molecule has 0 heterocycles. The lowest BCUT2D eigenvalue weighted by Crippen LogP contribution is -2.60. The van der Waals surface area contributed by atoms with Crippen LogP contribution in [0.15, 0.2) is 0 Å². The molecule has 0 saturated carbocycles. The maximum absolute atomic E-state index is 12.5. The molecule has 0 fully saturated rings. The number of ether oxygens (including phenoxy) is 2. The third-order valence-corrected chi connectivity index (χ3v) is 3.24. The van der Waals surface area contributed by atoms with Gasteiger partial charge in [-0.3, -0.25) is 9.59 Å². The molecule has 0 aliphatic heterocycles. The van der Waals surface area contributed by atoms with E-state index in [0.29, 0.717) is 0 Å². The molecule has 1 unspecified atom stereocenters. The molecule has 0 aromatic carbocycles. The summed E-state index contributed by atoms with van der Waals surface area (Å²) < 4.78 is 83.4. The molecule has 0 aliphatic rings. The van der Waals surface area contributed by atoms with Crippen molar-refractivity contribution in [2.75, 3.05) is 0 Å². The summed E-state index contributed by atoms with van der Waals surface area (Å²) in [7, 11) is 0. The average Bonchev–Trinajstić information content (AvgIpc) is 2.33. The fourth-order valence-electron chi connectivity index (χ4n) is 1.54. The number of carbonyl (C=O) groups is 2. The van der Waals surface area contributed by atoms with E-state index in [2.05, 4.69) is 4.74 Å². The molecule has 0 bridgehead atoms. The van der Waals surface area contributed by atoms with Crippen LogP contribution in [0.5, 0.6) is 0 Å². The maximum Gasteiger partial charge on any atom is 0.465 e. The first kappa shape index (κ1) is 23.5. The Morgan fingerprint density at radius 3 is 1.56 bits per heavy atom. The molecule has 5 nitrogen and oxygen atoms in total. The first-order chi connectivity index (χ1) is 10.8. The molecule has 0 aliphatic carbocycles. The Morgan fingerprint density at radius 2 is 1.28 bits per heavy atom. The standard InChI is InChI=1S/C14H20F6O5/c1-6-11(5,9(22)25-10(2,3)4)7-8(21)24-12(23,13(15,16)17)14(18,19)20/h23H,6-7H2,1-5H3. The molecule has 25 heavy (non-hydrogen) atoms. The number of esters is 2. The summed E-state index contributed by atoms with van der Waals surface area (Å²) >= 11 is 0. The zero-order chi connectivity index (χ0) is 20.5. The summed E-state index contributed by atoms with van der Waals surface area (Å²) in [4.78, 5) is 23.7. The van der Waals surface area contributed by atoms with Crippen molar-refractivity contribution in [2.45, 2.75) is 71.2 Å². The minimum absolute atomic E-state index is 0.131. The van der Waals surface area contributed by atoms with Crippen molar-refractivity contribution >= 4 is 11.9 Å². The zero-order valence-corrected chi connectivity index (χ0v) is 14.3. The van der Waals surface area contributed by atoms with E-state index in [1.54, 1.807) is 0 Å². The van der Waals surface area contributed by atoms with Gasteiger partial charge in [0.15, 0.2) is 0 Å². The molecule has 0 amide bonds. The highest BCUT2D eigenvalue weighted by Crippen LogP contribution is 2.44. The second kappa shape index (κ2) is 7.00. The molecule has 0 aromatic heterocycles. The molecule has 1 atom stereocenters. The van der Waals surface area contributed by atoms with Crippen LogP contribution in [0.1, 0.15) is 47.5 Å². The lowest BCUT2D eigenvalue weighted by atomic mass is 9.84. The number of carbonyl (C=O) groups excluding carboxylic acids is 2. The molecule has 1 N–H and O–H groups in total. The van der Waals surface area contributed by atoms with Gasteiger partial charge in [-0.15, -0.1) is 0 Å². The molecule has 0 aromatic rings. The smallest absolute Gasteiger partial charge is 0.460 e. The van der Waals surface area contributed by atoms with Crippen LogP contribution < -0.4 is 0 Å². The molecule has 0 saturated heterocycles. The molecule has 0 rings (SSSR count). The Labute approximate surface area is 140 Å². The first-order valence-electron chi connectivity index (χ1n) is 7.10. The molecule has 148 valence electrons. The van der Waals surface area contributed by atoms with Crippen LogP contribution in [-0.2, 0) is 19.1 Å². The Morgan fingerprint density at radius 1 is 0.880 bits per heavy atom. The monoisotopic (exact) mass is 382 g/mol. The van der Waals surface area contributed by atoms with E-state index in [1.165, 1.54) is 27.7 Å². The van der Waals surface area contributed by atoms with Gasteiger partial charge in [0.1, 0.15) is 5.60 Å². The van der Waals surface area contributed by atoms with E-state index in [0.717, 1.165) is 6.92 Å². The van der Waals surface area contributed by atoms with Crippen LogP contribution >= 0.6 is 0 Å². The summed E-state index contributed by atoms with van der Waals surface area (Å²) in [6.07, 6.45) is -13.9. The Hall–Kier alpha value is -1.52. The van der Waals surface area contributed by atoms with Gasteiger partial charge in [-0.05, 0) is 34.1 Å². The average molecular weight is 382 g/mol. The number of hydrogen-bond acceptors (Lipinski definition) is 5. The van der Waals surface area contributed by atoms with Gasteiger partial charge in [-0.2, -0.15) is 26.3 Å². The van der Waals surface area contributed by atoms with Gasteiger partial charge in [-0.25, -0.2) is 0 Å². The van der Waals surface area contributed by atoms with Gasteiger partial charge in [0.05, 0.1) is 11.8 Å². The highest BCUT2D eigenvalue weighted by atomic mass is 19.4. The lowest BCUT2D eigenvalue weighted by molar-refractivity contribution is -0.444. The van der Waals surface area contributed by atoms with Crippen LogP contribution in [0, 0.1) is 5.41 Å². The van der Waals surface area contributed by atoms with Gasteiger partial charge in [-0.1, -0.05) is 6.92 Å². The van der Waals surface area contributed by atoms with E-state index >= 15 is 0 Å². The summed E-state index contributed by atoms with van der Waals surface area (Å²) in [5.74, 6) is -8.71. The molecule has 11 heteroatoms. The van der Waals surface area contributed by atoms with E-state index in [1.807, 2.05) is 0 Å². The Bertz CT molecular complexity index is 491. The van der Waals surface area contributed by atoms with Crippen LogP contribution in [0.2, 0.25) is 0 Å². The third-order valence-electron chi connectivity index (χ3n) is 3.24. The van der Waals surface area contributed by atoms with Gasteiger partial charge in [0.25, 0.3) is 0 Å². The molecular formula is C14H20F6O5. The minimum atomic E-state index is -6.31. The Balaban J connectivity index is 5.45. The van der Waals surface area contributed by atoms with Crippen molar-refractivity contribution in [1.82, 2.24) is 0 Å². The number of hydrogen-bond donors (Lipinski definition) is 1. The van der Waals surface area contributed by atoms with Crippen molar-refractivity contribution in [3.05, 3.63) is 0 Å². The largest absolute Gasteiger partial charge is 0.465 e. The minimum Gasteiger partial charge on any atom is -0.460 e. The van der Waals surface area contributed by atoms with Crippen molar-refractivity contribution in [1.29, 1.82) is 0 Å². The highest BCUT2D eigenvalue weighted by Gasteiger charge is 2.74. The number of aliphatic hydroxyl groups is 1. The molecule has 0 radical (unpaired) electrons. The van der Waals surface area contributed by atoms with Crippen molar-refractivity contribution < 1.29 is 50.5 Å². The summed E-state index contributed by atoms with van der Waals surface area (Å²) in [5, 5.41) is 8.84. The number of alkyl halides is 6. The van der Waals surface area contributed by atoms with Crippen LogP contribution in [-0.4, -0.2) is 40.8 Å². The lowest BCUT2D eigenvalue weighted by Gasteiger charge is -2.33. The summed E-state index contributed by atoms with van der Waals surface area (Å²) in [5.41, 5.74) is -2.72. The zero-order valence-electron chi connectivity index (χ0n) is 14.3. The predicted molar refractivity (Wildman–Crippen MR) is 72.0 cm³/mol. The van der Waals surface area contributed by atoms with Crippen molar-refractivity contribution in [3.63, 3.8) is 0 Å². The summed E-state index contributed by atoms with van der Waals surface area (Å²) in [6.45, 7) is 6.99. The fourth-order valence-corrected chi connectivity index (χ4v) is 1.54. The number of halogens is 6. The third kappa shape index (κ3) is 5.75. The normalized spacial score (nSPS) is 16.2. The van der Waals surface area contributed by atoms with Crippen LogP contribution in [0.25, 0.3) is 0 Å². The Kier molecular flexibility index (Phi) is 6.58. The van der Waals surface area contributed by atoms with Gasteiger partial charge in [0, 0.05) is 0 Å².